The molecule has 46 heavy (non-hydrogen) atoms. The fourth-order valence-corrected chi connectivity index (χ4v) is 5.60. The molecule has 1 aliphatic rings. The highest BCUT2D eigenvalue weighted by Crippen LogP contribution is 2.28. The molecule has 4 rings (SSSR count). The molecule has 0 aromatic heterocycles. The molecule has 246 valence electrons. The van der Waals surface area contributed by atoms with E-state index in [2.05, 4.69) is 5.32 Å². The first-order valence-electron chi connectivity index (χ1n) is 16.1. The van der Waals surface area contributed by atoms with Gasteiger partial charge in [-0.1, -0.05) is 55.5 Å². The van der Waals surface area contributed by atoms with E-state index in [4.69, 9.17) is 9.47 Å². The Morgan fingerprint density at radius 1 is 1.02 bits per heavy atom. The lowest BCUT2D eigenvalue weighted by atomic mass is 10.0. The monoisotopic (exact) mass is 629 g/mol. The molecule has 3 amide bonds. The maximum absolute atomic E-state index is 14.3. The van der Waals surface area contributed by atoms with Crippen LogP contribution in [0.15, 0.2) is 78.9 Å². The summed E-state index contributed by atoms with van der Waals surface area (Å²) in [5, 5.41) is 13.1. The van der Waals surface area contributed by atoms with Gasteiger partial charge in [0.05, 0.1) is 36.8 Å². The molecule has 0 spiro atoms. The lowest BCUT2D eigenvalue weighted by molar-refractivity contribution is -0.115. The second-order valence-corrected chi connectivity index (χ2v) is 12.3. The molecule has 0 radical (unpaired) electrons. The van der Waals surface area contributed by atoms with E-state index in [1.54, 1.807) is 54.1 Å². The van der Waals surface area contributed by atoms with Crippen LogP contribution in [0.2, 0.25) is 0 Å². The third-order valence-corrected chi connectivity index (χ3v) is 8.36. The van der Waals surface area contributed by atoms with Gasteiger partial charge in [0.15, 0.2) is 0 Å². The summed E-state index contributed by atoms with van der Waals surface area (Å²) in [6, 6.07) is 23.2. The van der Waals surface area contributed by atoms with Crippen molar-refractivity contribution in [1.29, 1.82) is 0 Å². The molecule has 1 aliphatic heterocycles. The van der Waals surface area contributed by atoms with E-state index >= 15 is 0 Å². The fraction of sp³-hybridized carbons (Fsp3) is 0.432. The minimum Gasteiger partial charge on any atom is -0.490 e. The van der Waals surface area contributed by atoms with Gasteiger partial charge in [-0.25, -0.2) is 0 Å². The first-order chi connectivity index (χ1) is 22.2. The van der Waals surface area contributed by atoms with Gasteiger partial charge < -0.3 is 29.7 Å². The van der Waals surface area contributed by atoms with Crippen molar-refractivity contribution in [1.82, 2.24) is 9.80 Å². The molecule has 9 nitrogen and oxygen atoms in total. The Morgan fingerprint density at radius 3 is 2.41 bits per heavy atom. The van der Waals surface area contributed by atoms with Crippen molar-refractivity contribution < 1.29 is 29.0 Å². The Hall–Kier alpha value is -4.21. The third-order valence-electron chi connectivity index (χ3n) is 8.36. The van der Waals surface area contributed by atoms with Crippen LogP contribution in [-0.4, -0.2) is 84.2 Å². The van der Waals surface area contributed by atoms with Crippen LogP contribution in [0.5, 0.6) is 5.75 Å². The van der Waals surface area contributed by atoms with E-state index < -0.39 is 6.04 Å². The number of aliphatic hydroxyl groups is 1. The zero-order valence-electron chi connectivity index (χ0n) is 27.4. The van der Waals surface area contributed by atoms with Gasteiger partial charge in [-0.15, -0.1) is 0 Å². The Bertz CT molecular complexity index is 1430. The predicted octanol–water partition coefficient (Wildman–Crippen LogP) is 5.44. The normalized spacial score (nSPS) is 20.1. The molecule has 2 N–H and O–H groups in total. The minimum atomic E-state index is -0.506. The first kappa shape index (κ1) is 34.7. The zero-order valence-corrected chi connectivity index (χ0v) is 27.4. The van der Waals surface area contributed by atoms with Crippen LogP contribution in [-0.2, 0) is 16.0 Å². The largest absolute Gasteiger partial charge is 0.490 e. The summed E-state index contributed by atoms with van der Waals surface area (Å²) in [6.45, 7) is 6.67. The highest BCUT2D eigenvalue weighted by molar-refractivity contribution is 6.00. The number of aliphatic hydroxyl groups excluding tert-OH is 1. The number of rotatable bonds is 8. The van der Waals surface area contributed by atoms with Crippen molar-refractivity contribution in [3.05, 3.63) is 95.6 Å². The number of anilines is 1. The molecular formula is C37H47N3O6. The summed E-state index contributed by atoms with van der Waals surface area (Å²) >= 11 is 0. The predicted molar refractivity (Wildman–Crippen MR) is 179 cm³/mol. The van der Waals surface area contributed by atoms with Crippen LogP contribution in [0.4, 0.5) is 5.69 Å². The molecule has 0 unspecified atom stereocenters. The summed E-state index contributed by atoms with van der Waals surface area (Å²) in [5.74, 6) is -0.367. The van der Waals surface area contributed by atoms with Crippen molar-refractivity contribution in [2.24, 2.45) is 5.92 Å². The number of nitrogens with one attached hydrogen (secondary N) is 1. The van der Waals surface area contributed by atoms with Gasteiger partial charge in [0.1, 0.15) is 5.75 Å². The highest BCUT2D eigenvalue weighted by Gasteiger charge is 2.31. The quantitative estimate of drug-likeness (QED) is 0.344. The molecule has 4 atom stereocenters. The van der Waals surface area contributed by atoms with Crippen molar-refractivity contribution in [2.45, 2.75) is 64.7 Å². The minimum absolute atomic E-state index is 0.103. The molecular weight excluding hydrogens is 582 g/mol. The number of likely N-dealkylation sites (N-methyl/N-ethyl adjacent to an activating group) is 1. The molecule has 0 bridgehead atoms. The van der Waals surface area contributed by atoms with Gasteiger partial charge >= 0.3 is 0 Å². The topological polar surface area (TPSA) is 108 Å². The lowest BCUT2D eigenvalue weighted by Gasteiger charge is -2.36. The van der Waals surface area contributed by atoms with E-state index in [0.29, 0.717) is 35.7 Å². The van der Waals surface area contributed by atoms with E-state index in [1.165, 1.54) is 0 Å². The zero-order chi connectivity index (χ0) is 33.1. The molecule has 0 saturated heterocycles. The van der Waals surface area contributed by atoms with E-state index in [0.717, 1.165) is 24.8 Å². The molecule has 1 heterocycles. The molecule has 3 aromatic carbocycles. The van der Waals surface area contributed by atoms with Gasteiger partial charge in [-0.2, -0.15) is 0 Å². The summed E-state index contributed by atoms with van der Waals surface area (Å²) in [6.07, 6.45) is 2.14. The second-order valence-electron chi connectivity index (χ2n) is 12.3. The Balaban J connectivity index is 1.60. The summed E-state index contributed by atoms with van der Waals surface area (Å²) in [7, 11) is 1.76. The van der Waals surface area contributed by atoms with Crippen LogP contribution >= 0.6 is 0 Å². The van der Waals surface area contributed by atoms with Crippen molar-refractivity contribution in [3.63, 3.8) is 0 Å². The number of hydrogen-bond donors (Lipinski definition) is 2. The number of ether oxygens (including phenoxy) is 2. The summed E-state index contributed by atoms with van der Waals surface area (Å²) < 4.78 is 12.7. The number of benzene rings is 3. The summed E-state index contributed by atoms with van der Waals surface area (Å²) in [4.78, 5) is 43.7. The molecule has 0 fully saturated rings. The number of amides is 3. The van der Waals surface area contributed by atoms with Crippen LogP contribution in [0.1, 0.15) is 66.3 Å². The second kappa shape index (κ2) is 16.9. The smallest absolute Gasteiger partial charge is 0.258 e. The van der Waals surface area contributed by atoms with Crippen LogP contribution in [0.3, 0.4) is 0 Å². The highest BCUT2D eigenvalue weighted by atomic mass is 16.5. The van der Waals surface area contributed by atoms with Gasteiger partial charge in [0.25, 0.3) is 11.8 Å². The lowest BCUT2D eigenvalue weighted by Crippen LogP contribution is -2.48. The van der Waals surface area contributed by atoms with Gasteiger partial charge in [0.2, 0.25) is 5.91 Å². The van der Waals surface area contributed by atoms with Gasteiger partial charge in [0, 0.05) is 43.9 Å². The average Bonchev–Trinajstić information content (AvgIpc) is 3.06. The molecule has 0 aliphatic carbocycles. The third kappa shape index (κ3) is 9.64. The van der Waals surface area contributed by atoms with Crippen LogP contribution in [0, 0.1) is 5.92 Å². The van der Waals surface area contributed by atoms with Crippen molar-refractivity contribution in [2.75, 3.05) is 38.7 Å². The van der Waals surface area contributed by atoms with Crippen molar-refractivity contribution in [3.8, 4) is 5.75 Å². The van der Waals surface area contributed by atoms with E-state index in [1.807, 2.05) is 62.4 Å². The van der Waals surface area contributed by atoms with Gasteiger partial charge in [-0.3, -0.25) is 14.4 Å². The Kier molecular flexibility index (Phi) is 12.7. The van der Waals surface area contributed by atoms with E-state index in [-0.39, 0.29) is 55.4 Å². The number of hydrogen-bond acceptors (Lipinski definition) is 6. The fourth-order valence-electron chi connectivity index (χ4n) is 5.60. The van der Waals surface area contributed by atoms with E-state index in [9.17, 15) is 19.5 Å². The first-order valence-corrected chi connectivity index (χ1v) is 16.1. The average molecular weight is 630 g/mol. The van der Waals surface area contributed by atoms with Gasteiger partial charge in [-0.05, 0) is 69.0 Å². The Morgan fingerprint density at radius 2 is 1.72 bits per heavy atom. The summed E-state index contributed by atoms with van der Waals surface area (Å²) in [5.41, 5.74) is 2.28. The number of nitrogens with zero attached hydrogens (tertiary/aromatic N) is 2. The standard InChI is InChI=1S/C37H47N3O6/c1-26-23-40(27(2)25-41)37(44)32-22-31(38-35(42)21-29-14-7-5-8-15-29)18-19-33(32)46-28(3)13-11-12-20-45-34(26)24-39(4)36(43)30-16-9-6-10-17-30/h5-10,14-19,22,26-28,34,41H,11-13,20-21,23-25H2,1-4H3,(H,38,42)/t26-,27+,28-,34+/m1/s1. The maximum atomic E-state index is 14.3. The molecule has 3 aromatic rings. The number of carbonyl (C=O) groups is 3. The van der Waals surface area contributed by atoms with Crippen LogP contribution < -0.4 is 10.1 Å². The van der Waals surface area contributed by atoms with Crippen molar-refractivity contribution >= 4 is 23.4 Å². The number of carbonyl (C=O) groups excluding carboxylic acids is 3. The SMILES string of the molecule is C[C@@H]1CCCCO[C@@H](CN(C)C(=O)c2ccccc2)[C@H](C)CN([C@@H](C)CO)C(=O)c2cc(NC(=O)Cc3ccccc3)ccc2O1. The molecule has 9 heteroatoms. The Labute approximate surface area is 272 Å². The molecule has 0 saturated carbocycles. The maximum Gasteiger partial charge on any atom is 0.258 e. The van der Waals surface area contributed by atoms with Crippen LogP contribution in [0.25, 0.3) is 0 Å². The number of fused-ring (bicyclic) bond motifs is 1.